The monoisotopic (exact) mass is 269 g/mol. The molecular weight excluding hydrogens is 246 g/mol. The molecule has 0 aromatic heterocycles. The summed E-state index contributed by atoms with van der Waals surface area (Å²) in [5.41, 5.74) is 1.06. The van der Waals surface area contributed by atoms with Gasteiger partial charge in [-0.05, 0) is 44.7 Å². The largest absolute Gasteiger partial charge is 0.240 e. The van der Waals surface area contributed by atoms with E-state index in [9.17, 15) is 8.42 Å². The molecule has 0 fully saturated rings. The van der Waals surface area contributed by atoms with Crippen LogP contribution in [0.25, 0.3) is 0 Å². The Hall–Kier alpha value is -0.870. The fraction of sp³-hybridized carbons (Fsp3) is 0.571. The fourth-order valence-corrected chi connectivity index (χ4v) is 2.97. The van der Waals surface area contributed by atoms with Gasteiger partial charge in [-0.2, -0.15) is 0 Å². The fourth-order valence-electron chi connectivity index (χ4n) is 1.69. The Morgan fingerprint density at radius 3 is 2.11 bits per heavy atom. The maximum atomic E-state index is 12.1. The van der Waals surface area contributed by atoms with Crippen LogP contribution < -0.4 is 4.72 Å². The molecule has 4 heteroatoms. The average molecular weight is 269 g/mol. The third-order valence-electron chi connectivity index (χ3n) is 2.86. The summed E-state index contributed by atoms with van der Waals surface area (Å²) in [5, 5.41) is 0. The Morgan fingerprint density at radius 2 is 1.61 bits per heavy atom. The van der Waals surface area contributed by atoms with Crippen molar-refractivity contribution in [3.8, 4) is 0 Å². The molecule has 1 atom stereocenters. The summed E-state index contributed by atoms with van der Waals surface area (Å²) in [6.07, 6.45) is 1.89. The number of nitrogens with one attached hydrogen (secondary N) is 1. The average Bonchev–Trinajstić information content (AvgIpc) is 2.26. The maximum Gasteiger partial charge on any atom is 0.240 e. The molecule has 0 aliphatic carbocycles. The van der Waals surface area contributed by atoms with Crippen molar-refractivity contribution in [1.29, 1.82) is 0 Å². The van der Waals surface area contributed by atoms with Crippen molar-refractivity contribution in [2.45, 2.75) is 51.5 Å². The molecule has 18 heavy (non-hydrogen) atoms. The molecule has 0 spiro atoms. The zero-order valence-electron chi connectivity index (χ0n) is 11.6. The topological polar surface area (TPSA) is 46.2 Å². The summed E-state index contributed by atoms with van der Waals surface area (Å²) in [5.74, 6) is 0.594. The van der Waals surface area contributed by atoms with Gasteiger partial charge in [0.2, 0.25) is 10.0 Å². The quantitative estimate of drug-likeness (QED) is 0.862. The van der Waals surface area contributed by atoms with Crippen molar-refractivity contribution in [1.82, 2.24) is 4.72 Å². The van der Waals surface area contributed by atoms with Crippen LogP contribution in [0.3, 0.4) is 0 Å². The van der Waals surface area contributed by atoms with Crippen LogP contribution in [0.1, 0.15) is 39.2 Å². The summed E-state index contributed by atoms with van der Waals surface area (Å²) in [4.78, 5) is 0.337. The van der Waals surface area contributed by atoms with Gasteiger partial charge in [0.1, 0.15) is 0 Å². The smallest absolute Gasteiger partial charge is 0.208 e. The summed E-state index contributed by atoms with van der Waals surface area (Å²) in [6, 6.07) is 6.89. The zero-order valence-corrected chi connectivity index (χ0v) is 12.4. The SMILES string of the molecule is Cc1ccc(S(=O)(=O)NC(C)CCC(C)C)cc1. The minimum atomic E-state index is -3.37. The van der Waals surface area contributed by atoms with Crippen LogP contribution in [0.2, 0.25) is 0 Å². The highest BCUT2D eigenvalue weighted by molar-refractivity contribution is 7.89. The van der Waals surface area contributed by atoms with E-state index in [1.54, 1.807) is 12.1 Å². The summed E-state index contributed by atoms with van der Waals surface area (Å²) in [7, 11) is -3.37. The molecule has 102 valence electrons. The molecule has 0 aliphatic rings. The molecular formula is C14H23NO2S. The highest BCUT2D eigenvalue weighted by atomic mass is 32.2. The molecule has 3 nitrogen and oxygen atoms in total. The van der Waals surface area contributed by atoms with E-state index in [1.165, 1.54) is 0 Å². The van der Waals surface area contributed by atoms with Gasteiger partial charge in [-0.1, -0.05) is 31.5 Å². The summed E-state index contributed by atoms with van der Waals surface area (Å²) in [6.45, 7) is 8.13. The molecule has 0 bridgehead atoms. The second kappa shape index (κ2) is 6.34. The highest BCUT2D eigenvalue weighted by Gasteiger charge is 2.16. The third-order valence-corrected chi connectivity index (χ3v) is 4.47. The lowest BCUT2D eigenvalue weighted by atomic mass is 10.1. The predicted octanol–water partition coefficient (Wildman–Crippen LogP) is 3.10. The van der Waals surface area contributed by atoms with Crippen molar-refractivity contribution in [3.05, 3.63) is 29.8 Å². The van der Waals surface area contributed by atoms with E-state index in [0.717, 1.165) is 18.4 Å². The maximum absolute atomic E-state index is 12.1. The molecule has 1 unspecified atom stereocenters. The summed E-state index contributed by atoms with van der Waals surface area (Å²) >= 11 is 0. The third kappa shape index (κ3) is 4.78. The minimum Gasteiger partial charge on any atom is -0.208 e. The van der Waals surface area contributed by atoms with E-state index in [-0.39, 0.29) is 6.04 Å². The van der Waals surface area contributed by atoms with Gasteiger partial charge < -0.3 is 0 Å². The number of aryl methyl sites for hydroxylation is 1. The Balaban J connectivity index is 2.67. The van der Waals surface area contributed by atoms with Crippen molar-refractivity contribution in [2.75, 3.05) is 0 Å². The van der Waals surface area contributed by atoms with E-state index in [0.29, 0.717) is 10.8 Å². The standard InChI is InChI=1S/C14H23NO2S/c1-11(2)5-8-13(4)15-18(16,17)14-9-6-12(3)7-10-14/h6-7,9-11,13,15H,5,8H2,1-4H3. The first-order valence-corrected chi connectivity index (χ1v) is 7.88. The van der Waals surface area contributed by atoms with Crippen LogP contribution >= 0.6 is 0 Å². The molecule has 0 saturated carbocycles. The lowest BCUT2D eigenvalue weighted by molar-refractivity contribution is 0.485. The molecule has 0 saturated heterocycles. The van der Waals surface area contributed by atoms with E-state index in [4.69, 9.17) is 0 Å². The second-order valence-corrected chi connectivity index (χ2v) is 7.02. The lowest BCUT2D eigenvalue weighted by Gasteiger charge is -2.15. The van der Waals surface area contributed by atoms with Crippen LogP contribution in [0.4, 0.5) is 0 Å². The molecule has 0 aliphatic heterocycles. The van der Waals surface area contributed by atoms with Crippen molar-refractivity contribution in [2.24, 2.45) is 5.92 Å². The lowest BCUT2D eigenvalue weighted by Crippen LogP contribution is -2.32. The minimum absolute atomic E-state index is 0.0290. The van der Waals surface area contributed by atoms with Crippen molar-refractivity contribution < 1.29 is 8.42 Å². The first-order chi connectivity index (χ1) is 8.31. The number of rotatable bonds is 6. The Labute approximate surface area is 111 Å². The van der Waals surface area contributed by atoms with Gasteiger partial charge in [0.05, 0.1) is 4.90 Å². The molecule has 1 aromatic carbocycles. The second-order valence-electron chi connectivity index (χ2n) is 5.31. The first-order valence-electron chi connectivity index (χ1n) is 6.40. The van der Waals surface area contributed by atoms with Gasteiger partial charge in [0.25, 0.3) is 0 Å². The van der Waals surface area contributed by atoms with Gasteiger partial charge >= 0.3 is 0 Å². The van der Waals surface area contributed by atoms with Gasteiger partial charge in [-0.25, -0.2) is 13.1 Å². The Kier molecular flexibility index (Phi) is 5.35. The highest BCUT2D eigenvalue weighted by Crippen LogP contribution is 2.13. The number of sulfonamides is 1. The molecule has 0 amide bonds. The van der Waals surface area contributed by atoms with Crippen molar-refractivity contribution >= 4 is 10.0 Å². The van der Waals surface area contributed by atoms with Crippen molar-refractivity contribution in [3.63, 3.8) is 0 Å². The number of benzene rings is 1. The van der Waals surface area contributed by atoms with Gasteiger partial charge in [0, 0.05) is 6.04 Å². The van der Waals surface area contributed by atoms with E-state index < -0.39 is 10.0 Å². The number of hydrogen-bond donors (Lipinski definition) is 1. The number of hydrogen-bond acceptors (Lipinski definition) is 2. The van der Waals surface area contributed by atoms with Gasteiger partial charge in [0.15, 0.2) is 0 Å². The van der Waals surface area contributed by atoms with Crippen LogP contribution in [0.15, 0.2) is 29.2 Å². The molecule has 0 radical (unpaired) electrons. The molecule has 1 rings (SSSR count). The Morgan fingerprint density at radius 1 is 1.06 bits per heavy atom. The van der Waals surface area contributed by atoms with Crippen LogP contribution in [0, 0.1) is 12.8 Å². The zero-order chi connectivity index (χ0) is 13.8. The van der Waals surface area contributed by atoms with Gasteiger partial charge in [-0.15, -0.1) is 0 Å². The first kappa shape index (κ1) is 15.2. The van der Waals surface area contributed by atoms with E-state index in [1.807, 2.05) is 26.0 Å². The molecule has 1 N–H and O–H groups in total. The van der Waals surface area contributed by atoms with Gasteiger partial charge in [-0.3, -0.25) is 0 Å². The van der Waals surface area contributed by atoms with Crippen LogP contribution in [-0.2, 0) is 10.0 Å². The molecule has 1 aromatic rings. The van der Waals surface area contributed by atoms with E-state index in [2.05, 4.69) is 18.6 Å². The van der Waals surface area contributed by atoms with Crippen LogP contribution in [-0.4, -0.2) is 14.5 Å². The summed E-state index contributed by atoms with van der Waals surface area (Å²) < 4.78 is 26.9. The molecule has 0 heterocycles. The normalized spacial score (nSPS) is 13.8. The predicted molar refractivity (Wildman–Crippen MR) is 75.0 cm³/mol. The Bertz CT molecular complexity index is 463. The van der Waals surface area contributed by atoms with Crippen LogP contribution in [0.5, 0.6) is 0 Å². The van der Waals surface area contributed by atoms with E-state index >= 15 is 0 Å².